The first-order chi connectivity index (χ1) is 15.6. The minimum atomic E-state index is -4.62. The molecule has 0 spiro atoms. The number of hydrogen-bond acceptors (Lipinski definition) is 3. The lowest BCUT2D eigenvalue weighted by molar-refractivity contribution is -0.142. The van der Waals surface area contributed by atoms with E-state index in [1.165, 1.54) is 24.3 Å². The second-order valence-electron chi connectivity index (χ2n) is 7.99. The molecule has 0 amide bonds. The Morgan fingerprint density at radius 1 is 1.12 bits per heavy atom. The van der Waals surface area contributed by atoms with Gasteiger partial charge < -0.3 is 10.2 Å². The SMILES string of the molecule is O=C(O)c1ccc(-c2n[nH]c3c2C(Cc2c(Cl)cccc2C(F)(F)F)CC(C(=O)O)C3)cc1. The summed E-state index contributed by atoms with van der Waals surface area (Å²) in [5, 5.41) is 25.8. The van der Waals surface area contributed by atoms with Crippen LogP contribution in [0.4, 0.5) is 13.2 Å². The zero-order valence-electron chi connectivity index (χ0n) is 17.0. The third-order valence-corrected chi connectivity index (χ3v) is 6.29. The Morgan fingerprint density at radius 2 is 1.82 bits per heavy atom. The van der Waals surface area contributed by atoms with E-state index in [1.54, 1.807) is 12.1 Å². The van der Waals surface area contributed by atoms with Crippen LogP contribution in [0.25, 0.3) is 11.3 Å². The number of carboxylic acids is 2. The van der Waals surface area contributed by atoms with Crippen LogP contribution in [0.3, 0.4) is 0 Å². The summed E-state index contributed by atoms with van der Waals surface area (Å²) in [7, 11) is 0. The Kier molecular flexibility index (Phi) is 5.92. The summed E-state index contributed by atoms with van der Waals surface area (Å²) in [4.78, 5) is 22.9. The predicted molar refractivity (Wildman–Crippen MR) is 113 cm³/mol. The van der Waals surface area contributed by atoms with E-state index in [4.69, 9.17) is 16.7 Å². The number of nitrogens with one attached hydrogen (secondary N) is 1. The minimum absolute atomic E-state index is 0.0420. The first kappa shape index (κ1) is 22.8. The molecular weight excluding hydrogens is 461 g/mol. The van der Waals surface area contributed by atoms with Crippen molar-refractivity contribution in [3.05, 3.63) is 75.4 Å². The topological polar surface area (TPSA) is 103 Å². The molecule has 0 aliphatic heterocycles. The molecule has 1 aromatic heterocycles. The Hall–Kier alpha value is -3.33. The van der Waals surface area contributed by atoms with Gasteiger partial charge in [-0.05, 0) is 48.6 Å². The van der Waals surface area contributed by atoms with Gasteiger partial charge in [-0.2, -0.15) is 18.3 Å². The average Bonchev–Trinajstić information content (AvgIpc) is 3.18. The number of aliphatic carboxylic acids is 1. The molecule has 1 aliphatic carbocycles. The van der Waals surface area contributed by atoms with Crippen LogP contribution in [0.5, 0.6) is 0 Å². The van der Waals surface area contributed by atoms with E-state index in [0.717, 1.165) is 6.07 Å². The molecule has 6 nitrogen and oxygen atoms in total. The van der Waals surface area contributed by atoms with Crippen molar-refractivity contribution in [3.63, 3.8) is 0 Å². The number of aromatic amines is 1. The third kappa shape index (κ3) is 4.45. The first-order valence-corrected chi connectivity index (χ1v) is 10.4. The molecular formula is C23H18ClF3N2O4. The van der Waals surface area contributed by atoms with Crippen molar-refractivity contribution in [2.24, 2.45) is 5.92 Å². The second kappa shape index (κ2) is 8.55. The van der Waals surface area contributed by atoms with E-state index in [0.29, 0.717) is 22.5 Å². The lowest BCUT2D eigenvalue weighted by atomic mass is 9.75. The fourth-order valence-corrected chi connectivity index (χ4v) is 4.67. The molecule has 33 heavy (non-hydrogen) atoms. The molecule has 1 aliphatic rings. The van der Waals surface area contributed by atoms with Crippen LogP contribution in [-0.2, 0) is 23.8 Å². The Labute approximate surface area is 191 Å². The molecule has 0 radical (unpaired) electrons. The zero-order valence-corrected chi connectivity index (χ0v) is 17.7. The fourth-order valence-electron chi connectivity index (χ4n) is 4.42. The number of H-pyrrole nitrogens is 1. The number of aromatic carboxylic acids is 1. The van der Waals surface area contributed by atoms with Gasteiger partial charge in [0.25, 0.3) is 0 Å². The van der Waals surface area contributed by atoms with Crippen LogP contribution in [0, 0.1) is 5.92 Å². The maximum absolute atomic E-state index is 13.7. The molecule has 2 atom stereocenters. The molecule has 2 unspecified atom stereocenters. The van der Waals surface area contributed by atoms with Gasteiger partial charge in [-0.3, -0.25) is 9.89 Å². The minimum Gasteiger partial charge on any atom is -0.481 e. The third-order valence-electron chi connectivity index (χ3n) is 5.94. The van der Waals surface area contributed by atoms with Crippen LogP contribution >= 0.6 is 11.6 Å². The van der Waals surface area contributed by atoms with Gasteiger partial charge in [0.1, 0.15) is 0 Å². The summed E-state index contributed by atoms with van der Waals surface area (Å²) in [6.07, 6.45) is -4.46. The molecule has 10 heteroatoms. The van der Waals surface area contributed by atoms with Gasteiger partial charge in [0.05, 0.1) is 22.7 Å². The number of aromatic nitrogens is 2. The van der Waals surface area contributed by atoms with E-state index in [-0.39, 0.29) is 35.4 Å². The summed E-state index contributed by atoms with van der Waals surface area (Å²) < 4.78 is 41.0. The van der Waals surface area contributed by atoms with E-state index >= 15 is 0 Å². The number of fused-ring (bicyclic) bond motifs is 1. The lowest BCUT2D eigenvalue weighted by Crippen LogP contribution is -2.26. The highest BCUT2D eigenvalue weighted by Crippen LogP contribution is 2.44. The predicted octanol–water partition coefficient (Wildman–Crippen LogP) is 5.42. The van der Waals surface area contributed by atoms with Crippen LogP contribution < -0.4 is 0 Å². The number of carboxylic acid groups (broad SMARTS) is 2. The van der Waals surface area contributed by atoms with Crippen molar-refractivity contribution in [2.75, 3.05) is 0 Å². The molecule has 172 valence electrons. The molecule has 1 heterocycles. The monoisotopic (exact) mass is 478 g/mol. The molecule has 2 aromatic carbocycles. The van der Waals surface area contributed by atoms with Crippen LogP contribution in [0.1, 0.15) is 45.1 Å². The molecule has 3 N–H and O–H groups in total. The zero-order chi connectivity index (χ0) is 23.9. The van der Waals surface area contributed by atoms with Crippen molar-refractivity contribution in [2.45, 2.75) is 31.4 Å². The summed E-state index contributed by atoms with van der Waals surface area (Å²) in [5.74, 6) is -3.51. The van der Waals surface area contributed by atoms with Gasteiger partial charge in [-0.15, -0.1) is 0 Å². The number of alkyl halides is 3. The highest BCUT2D eigenvalue weighted by atomic mass is 35.5. The highest BCUT2D eigenvalue weighted by Gasteiger charge is 2.39. The second-order valence-corrected chi connectivity index (χ2v) is 8.39. The van der Waals surface area contributed by atoms with Crippen LogP contribution in [0.2, 0.25) is 5.02 Å². The quantitative estimate of drug-likeness (QED) is 0.454. The number of benzene rings is 2. The smallest absolute Gasteiger partial charge is 0.416 e. The van der Waals surface area contributed by atoms with Gasteiger partial charge in [0.2, 0.25) is 0 Å². The van der Waals surface area contributed by atoms with Crippen molar-refractivity contribution >= 4 is 23.5 Å². The van der Waals surface area contributed by atoms with Crippen molar-refractivity contribution < 1.29 is 33.0 Å². The maximum atomic E-state index is 13.7. The molecule has 0 saturated heterocycles. The average molecular weight is 479 g/mol. The summed E-state index contributed by atoms with van der Waals surface area (Å²) in [6, 6.07) is 9.52. The number of halogens is 4. The van der Waals surface area contributed by atoms with Gasteiger partial charge >= 0.3 is 18.1 Å². The Balaban J connectivity index is 1.80. The summed E-state index contributed by atoms with van der Waals surface area (Å²) >= 11 is 6.16. The highest BCUT2D eigenvalue weighted by molar-refractivity contribution is 6.31. The first-order valence-electron chi connectivity index (χ1n) is 10.0. The van der Waals surface area contributed by atoms with Gasteiger partial charge in [0, 0.05) is 28.3 Å². The molecule has 0 fully saturated rings. The van der Waals surface area contributed by atoms with E-state index in [9.17, 15) is 27.9 Å². The lowest BCUT2D eigenvalue weighted by Gasteiger charge is -2.29. The van der Waals surface area contributed by atoms with Gasteiger partial charge in [-0.25, -0.2) is 4.79 Å². The molecule has 0 saturated carbocycles. The summed E-state index contributed by atoms with van der Waals surface area (Å²) in [5.41, 5.74) is 1.33. The number of nitrogens with zero attached hydrogens (tertiary/aromatic N) is 1. The summed E-state index contributed by atoms with van der Waals surface area (Å²) in [6.45, 7) is 0. The van der Waals surface area contributed by atoms with Gasteiger partial charge in [0.15, 0.2) is 0 Å². The molecule has 0 bridgehead atoms. The van der Waals surface area contributed by atoms with Crippen molar-refractivity contribution in [1.29, 1.82) is 0 Å². The number of hydrogen-bond donors (Lipinski definition) is 3. The Bertz CT molecular complexity index is 1220. The molecule has 4 rings (SSSR count). The van der Waals surface area contributed by atoms with Gasteiger partial charge in [-0.1, -0.05) is 29.8 Å². The van der Waals surface area contributed by atoms with Crippen molar-refractivity contribution in [1.82, 2.24) is 10.2 Å². The normalized spacial score (nSPS) is 18.1. The fraction of sp³-hybridized carbons (Fsp3) is 0.261. The number of carbonyl (C=O) groups is 2. The van der Waals surface area contributed by atoms with E-state index in [1.807, 2.05) is 0 Å². The van der Waals surface area contributed by atoms with E-state index < -0.39 is 35.5 Å². The Morgan fingerprint density at radius 3 is 2.42 bits per heavy atom. The van der Waals surface area contributed by atoms with Crippen LogP contribution in [-0.4, -0.2) is 32.3 Å². The largest absolute Gasteiger partial charge is 0.481 e. The van der Waals surface area contributed by atoms with E-state index in [2.05, 4.69) is 10.2 Å². The van der Waals surface area contributed by atoms with Crippen LogP contribution in [0.15, 0.2) is 42.5 Å². The standard InChI is InChI=1S/C23H18ClF3N2O4/c24-17-3-1-2-16(23(25,26)27)15(17)9-13-8-14(22(32)33)10-18-19(13)20(29-28-18)11-4-6-12(7-5-11)21(30)31/h1-7,13-14H,8-10H2,(H,28,29)(H,30,31)(H,32,33). The maximum Gasteiger partial charge on any atom is 0.416 e. The number of rotatable bonds is 5. The van der Waals surface area contributed by atoms with Crippen molar-refractivity contribution in [3.8, 4) is 11.3 Å². The molecule has 3 aromatic rings.